The molecule has 0 bridgehead atoms. The minimum Gasteiger partial charge on any atom is -0.351 e. The van der Waals surface area contributed by atoms with E-state index < -0.39 is 29.6 Å². The van der Waals surface area contributed by atoms with Crippen LogP contribution in [0.3, 0.4) is 0 Å². The van der Waals surface area contributed by atoms with Crippen LogP contribution in [0.2, 0.25) is 0 Å². The number of alkyl halides is 3. The largest absolute Gasteiger partial charge is 0.416 e. The monoisotopic (exact) mass is 465 g/mol. The topological polar surface area (TPSA) is 99.0 Å². The first kappa shape index (κ1) is 22.8. The zero-order valence-electron chi connectivity index (χ0n) is 18.0. The first-order chi connectivity index (χ1) is 15.5. The molecular formula is C21H22F3N5O4. The summed E-state index contributed by atoms with van der Waals surface area (Å²) in [5.74, 6) is -1.10. The molecule has 1 unspecified atom stereocenters. The minimum absolute atomic E-state index is 0.0561. The quantitative estimate of drug-likeness (QED) is 0.746. The van der Waals surface area contributed by atoms with Crippen molar-refractivity contribution in [2.45, 2.75) is 26.1 Å². The Balaban J connectivity index is 1.45. The van der Waals surface area contributed by atoms with Crippen molar-refractivity contribution in [1.82, 2.24) is 15.0 Å². The molecule has 3 heterocycles. The summed E-state index contributed by atoms with van der Waals surface area (Å²) >= 11 is 0. The molecule has 1 atom stereocenters. The van der Waals surface area contributed by atoms with E-state index in [2.05, 4.69) is 10.5 Å². The van der Waals surface area contributed by atoms with Gasteiger partial charge in [-0.05, 0) is 32.0 Å². The van der Waals surface area contributed by atoms with Crippen molar-refractivity contribution >= 4 is 29.1 Å². The molecule has 1 aromatic heterocycles. The number of anilines is 2. The maximum Gasteiger partial charge on any atom is 0.416 e. The Kier molecular flexibility index (Phi) is 5.87. The van der Waals surface area contributed by atoms with Crippen molar-refractivity contribution in [3.05, 3.63) is 41.3 Å². The second-order valence-corrected chi connectivity index (χ2v) is 8.04. The van der Waals surface area contributed by atoms with Crippen LogP contribution in [-0.4, -0.2) is 71.4 Å². The van der Waals surface area contributed by atoms with Crippen molar-refractivity contribution in [2.24, 2.45) is 0 Å². The molecule has 4 rings (SSSR count). The van der Waals surface area contributed by atoms with Gasteiger partial charge in [-0.1, -0.05) is 5.16 Å². The maximum atomic E-state index is 13.2. The molecule has 2 aliphatic rings. The van der Waals surface area contributed by atoms with E-state index in [1.165, 1.54) is 11.0 Å². The van der Waals surface area contributed by atoms with E-state index in [-0.39, 0.29) is 29.6 Å². The standard InChI is InChI=1S/C21H22F3N5O4/c1-12-9-17(33-26-12)20(32)28-7-5-27(6-8-28)13(2)19(31)29-11-18(30)25-15-10-14(21(22,23)24)3-4-16(15)29/h3-4,9-10,13H,5-8,11H2,1-2H3,(H,25,30). The number of aryl methyl sites for hydroxylation is 1. The van der Waals surface area contributed by atoms with Crippen molar-refractivity contribution < 1.29 is 32.1 Å². The van der Waals surface area contributed by atoms with E-state index in [0.29, 0.717) is 31.9 Å². The van der Waals surface area contributed by atoms with Gasteiger partial charge in [0.2, 0.25) is 17.6 Å². The second-order valence-electron chi connectivity index (χ2n) is 8.04. The lowest BCUT2D eigenvalue weighted by atomic mass is 10.1. The molecule has 0 aliphatic carbocycles. The molecule has 33 heavy (non-hydrogen) atoms. The number of nitrogens with zero attached hydrogens (tertiary/aromatic N) is 4. The van der Waals surface area contributed by atoms with Gasteiger partial charge in [0, 0.05) is 32.2 Å². The number of hydrogen-bond acceptors (Lipinski definition) is 6. The number of carbonyl (C=O) groups is 3. The van der Waals surface area contributed by atoms with E-state index >= 15 is 0 Å². The van der Waals surface area contributed by atoms with Gasteiger partial charge in [-0.25, -0.2) is 0 Å². The molecule has 0 spiro atoms. The average molecular weight is 465 g/mol. The number of halogens is 3. The van der Waals surface area contributed by atoms with Crippen LogP contribution in [0.5, 0.6) is 0 Å². The zero-order chi connectivity index (χ0) is 23.9. The Hall–Kier alpha value is -3.41. The average Bonchev–Trinajstić information content (AvgIpc) is 3.22. The molecular weight excluding hydrogens is 443 g/mol. The number of hydrogen-bond donors (Lipinski definition) is 1. The highest BCUT2D eigenvalue weighted by atomic mass is 19.4. The smallest absolute Gasteiger partial charge is 0.351 e. The Morgan fingerprint density at radius 2 is 1.85 bits per heavy atom. The van der Waals surface area contributed by atoms with E-state index in [0.717, 1.165) is 12.1 Å². The molecule has 1 fully saturated rings. The Bertz CT molecular complexity index is 1090. The third kappa shape index (κ3) is 4.56. The minimum atomic E-state index is -4.57. The van der Waals surface area contributed by atoms with Gasteiger partial charge >= 0.3 is 6.18 Å². The van der Waals surface area contributed by atoms with Crippen molar-refractivity contribution in [3.63, 3.8) is 0 Å². The van der Waals surface area contributed by atoms with Gasteiger partial charge in [0.1, 0.15) is 6.54 Å². The number of nitrogens with one attached hydrogen (secondary N) is 1. The SMILES string of the molecule is Cc1cc(C(=O)N2CCN(C(C)C(=O)N3CC(=O)Nc4cc(C(F)(F)F)ccc43)CC2)on1. The maximum absolute atomic E-state index is 13.2. The molecule has 176 valence electrons. The second kappa shape index (κ2) is 8.50. The highest BCUT2D eigenvalue weighted by Crippen LogP contribution is 2.37. The molecule has 9 nitrogen and oxygen atoms in total. The van der Waals surface area contributed by atoms with Crippen LogP contribution in [-0.2, 0) is 15.8 Å². The van der Waals surface area contributed by atoms with Crippen molar-refractivity contribution in [2.75, 3.05) is 42.9 Å². The van der Waals surface area contributed by atoms with E-state index in [4.69, 9.17) is 4.52 Å². The summed E-state index contributed by atoms with van der Waals surface area (Å²) in [6.07, 6.45) is -4.57. The predicted molar refractivity (Wildman–Crippen MR) is 111 cm³/mol. The third-order valence-electron chi connectivity index (χ3n) is 5.80. The highest BCUT2D eigenvalue weighted by molar-refractivity contribution is 6.11. The summed E-state index contributed by atoms with van der Waals surface area (Å²) in [7, 11) is 0. The van der Waals surface area contributed by atoms with E-state index in [1.807, 2.05) is 4.90 Å². The molecule has 1 N–H and O–H groups in total. The first-order valence-corrected chi connectivity index (χ1v) is 10.3. The fourth-order valence-corrected chi connectivity index (χ4v) is 3.98. The van der Waals surface area contributed by atoms with Gasteiger partial charge in [-0.3, -0.25) is 24.2 Å². The van der Waals surface area contributed by atoms with Crippen molar-refractivity contribution in [1.29, 1.82) is 0 Å². The summed E-state index contributed by atoms with van der Waals surface area (Å²) in [6, 6.07) is 3.82. The van der Waals surface area contributed by atoms with Gasteiger partial charge in [-0.15, -0.1) is 0 Å². The van der Waals surface area contributed by atoms with Crippen LogP contribution in [0, 0.1) is 6.92 Å². The molecule has 2 aromatic rings. The molecule has 2 aliphatic heterocycles. The fourth-order valence-electron chi connectivity index (χ4n) is 3.98. The highest BCUT2D eigenvalue weighted by Gasteiger charge is 2.37. The van der Waals surface area contributed by atoms with E-state index in [1.54, 1.807) is 24.8 Å². The Morgan fingerprint density at radius 3 is 2.45 bits per heavy atom. The Morgan fingerprint density at radius 1 is 1.15 bits per heavy atom. The van der Waals surface area contributed by atoms with Gasteiger partial charge in [0.05, 0.1) is 28.7 Å². The molecule has 3 amide bonds. The van der Waals surface area contributed by atoms with Gasteiger partial charge in [0.15, 0.2) is 0 Å². The number of piperazine rings is 1. The van der Waals surface area contributed by atoms with Gasteiger partial charge < -0.3 is 14.7 Å². The van der Waals surface area contributed by atoms with Crippen LogP contribution in [0.4, 0.5) is 24.5 Å². The fraction of sp³-hybridized carbons (Fsp3) is 0.429. The summed E-state index contributed by atoms with van der Waals surface area (Å²) < 4.78 is 44.1. The summed E-state index contributed by atoms with van der Waals surface area (Å²) in [5.41, 5.74) is -0.149. The zero-order valence-corrected chi connectivity index (χ0v) is 18.0. The van der Waals surface area contributed by atoms with Crippen LogP contribution in [0.15, 0.2) is 28.8 Å². The molecule has 1 aromatic carbocycles. The number of benzene rings is 1. The lowest BCUT2D eigenvalue weighted by Crippen LogP contribution is -2.56. The lowest BCUT2D eigenvalue weighted by molar-refractivity contribution is -0.137. The normalized spacial score (nSPS) is 18.0. The van der Waals surface area contributed by atoms with E-state index in [9.17, 15) is 27.6 Å². The van der Waals surface area contributed by atoms with Crippen LogP contribution < -0.4 is 10.2 Å². The van der Waals surface area contributed by atoms with Gasteiger partial charge in [0.25, 0.3) is 5.91 Å². The Labute approximate surface area is 187 Å². The number of carbonyl (C=O) groups excluding carboxylic acids is 3. The lowest BCUT2D eigenvalue weighted by Gasteiger charge is -2.39. The molecule has 0 radical (unpaired) electrons. The number of rotatable bonds is 3. The van der Waals surface area contributed by atoms with Crippen LogP contribution >= 0.6 is 0 Å². The predicted octanol–water partition coefficient (Wildman–Crippen LogP) is 2.13. The number of fused-ring (bicyclic) bond motifs is 1. The third-order valence-corrected chi connectivity index (χ3v) is 5.80. The van der Waals surface area contributed by atoms with Crippen LogP contribution in [0.25, 0.3) is 0 Å². The summed E-state index contributed by atoms with van der Waals surface area (Å²) in [4.78, 5) is 42.5. The number of aromatic nitrogens is 1. The molecule has 0 saturated carbocycles. The summed E-state index contributed by atoms with van der Waals surface area (Å²) in [5, 5.41) is 6.12. The first-order valence-electron chi connectivity index (χ1n) is 10.3. The number of amides is 3. The summed E-state index contributed by atoms with van der Waals surface area (Å²) in [6.45, 7) is 4.65. The molecule has 1 saturated heterocycles. The van der Waals surface area contributed by atoms with Gasteiger partial charge in [-0.2, -0.15) is 13.2 Å². The van der Waals surface area contributed by atoms with Crippen molar-refractivity contribution in [3.8, 4) is 0 Å². The molecule has 12 heteroatoms. The van der Waals surface area contributed by atoms with Crippen LogP contribution in [0.1, 0.15) is 28.7 Å².